The molecule has 2 aliphatic carbocycles. The molecule has 0 radical (unpaired) electrons. The maximum Gasteiger partial charge on any atom is 0.308 e. The Labute approximate surface area is 120 Å². The molecule has 2 fully saturated rings. The minimum absolute atomic E-state index is 0.0110. The fourth-order valence-corrected chi connectivity index (χ4v) is 3.36. The summed E-state index contributed by atoms with van der Waals surface area (Å²) in [5.41, 5.74) is 5.96. The van der Waals surface area contributed by atoms with Gasteiger partial charge in [-0.3, -0.25) is 9.59 Å². The van der Waals surface area contributed by atoms with E-state index in [-0.39, 0.29) is 35.8 Å². The Kier molecular flexibility index (Phi) is 5.40. The topological polar surface area (TPSA) is 81.4 Å². The lowest BCUT2D eigenvalue weighted by Crippen LogP contribution is -2.45. The minimum Gasteiger partial charge on any atom is -0.466 e. The number of amides is 1. The second-order valence-electron chi connectivity index (χ2n) is 6.01. The maximum atomic E-state index is 12.2. The number of rotatable bonds is 4. The molecule has 2 unspecified atom stereocenters. The Bertz CT molecular complexity index is 351. The first-order valence-corrected chi connectivity index (χ1v) is 7.84. The van der Waals surface area contributed by atoms with E-state index in [9.17, 15) is 9.59 Å². The van der Waals surface area contributed by atoms with Crippen LogP contribution in [0, 0.1) is 11.8 Å². The Balaban J connectivity index is 1.74. The highest BCUT2D eigenvalue weighted by atomic mass is 16.5. The van der Waals surface area contributed by atoms with Gasteiger partial charge in [0.25, 0.3) is 0 Å². The number of carbonyl (C=O) groups is 2. The first-order chi connectivity index (χ1) is 9.61. The highest BCUT2D eigenvalue weighted by Gasteiger charge is 2.33. The molecule has 0 bridgehead atoms. The van der Waals surface area contributed by atoms with Crippen molar-refractivity contribution in [2.24, 2.45) is 17.6 Å². The van der Waals surface area contributed by atoms with E-state index in [4.69, 9.17) is 10.5 Å². The molecule has 0 aliphatic heterocycles. The van der Waals surface area contributed by atoms with Gasteiger partial charge in [0.2, 0.25) is 5.91 Å². The van der Waals surface area contributed by atoms with E-state index in [0.29, 0.717) is 6.61 Å². The van der Waals surface area contributed by atoms with Crippen LogP contribution in [0.1, 0.15) is 51.9 Å². The van der Waals surface area contributed by atoms with Crippen molar-refractivity contribution in [1.82, 2.24) is 5.32 Å². The molecular formula is C15H26N2O3. The molecule has 5 heteroatoms. The standard InChI is InChI=1S/C15H26N2O3/c1-2-20-15(19)10-6-8-11(9-7-10)17-14(18)12-4-3-5-13(12)16/h10-13H,2-9,16H2,1H3,(H,17,18). The van der Waals surface area contributed by atoms with Crippen molar-refractivity contribution in [2.45, 2.75) is 64.0 Å². The van der Waals surface area contributed by atoms with Gasteiger partial charge in [-0.05, 0) is 45.4 Å². The van der Waals surface area contributed by atoms with Crippen LogP contribution < -0.4 is 11.1 Å². The molecule has 2 atom stereocenters. The van der Waals surface area contributed by atoms with Crippen LogP contribution >= 0.6 is 0 Å². The van der Waals surface area contributed by atoms with Gasteiger partial charge in [0.1, 0.15) is 0 Å². The number of hydrogen-bond donors (Lipinski definition) is 2. The second kappa shape index (κ2) is 7.07. The summed E-state index contributed by atoms with van der Waals surface area (Å²) in [7, 11) is 0. The lowest BCUT2D eigenvalue weighted by atomic mass is 9.85. The second-order valence-corrected chi connectivity index (χ2v) is 6.01. The highest BCUT2D eigenvalue weighted by molar-refractivity contribution is 5.80. The first kappa shape index (κ1) is 15.3. The summed E-state index contributed by atoms with van der Waals surface area (Å²) in [6, 6.07) is 0.215. The summed E-state index contributed by atoms with van der Waals surface area (Å²) in [5, 5.41) is 3.11. The molecule has 0 spiro atoms. The van der Waals surface area contributed by atoms with Crippen LogP contribution in [0.4, 0.5) is 0 Å². The van der Waals surface area contributed by atoms with Gasteiger partial charge in [0.15, 0.2) is 0 Å². The number of hydrogen-bond acceptors (Lipinski definition) is 4. The van der Waals surface area contributed by atoms with Crippen molar-refractivity contribution < 1.29 is 14.3 Å². The van der Waals surface area contributed by atoms with E-state index in [0.717, 1.165) is 44.9 Å². The Hall–Kier alpha value is -1.10. The predicted molar refractivity (Wildman–Crippen MR) is 75.8 cm³/mol. The monoisotopic (exact) mass is 282 g/mol. The zero-order chi connectivity index (χ0) is 14.5. The van der Waals surface area contributed by atoms with Crippen molar-refractivity contribution in [2.75, 3.05) is 6.61 Å². The molecule has 0 heterocycles. The van der Waals surface area contributed by atoms with Crippen LogP contribution in [0.3, 0.4) is 0 Å². The summed E-state index contributed by atoms with van der Waals surface area (Å²) in [5.74, 6) is 0.0132. The smallest absolute Gasteiger partial charge is 0.308 e. The molecular weight excluding hydrogens is 256 g/mol. The van der Waals surface area contributed by atoms with E-state index in [1.165, 1.54) is 0 Å². The lowest BCUT2D eigenvalue weighted by Gasteiger charge is -2.29. The molecule has 2 aliphatic rings. The van der Waals surface area contributed by atoms with Crippen molar-refractivity contribution in [3.05, 3.63) is 0 Å². The fraction of sp³-hybridized carbons (Fsp3) is 0.867. The van der Waals surface area contributed by atoms with E-state index >= 15 is 0 Å². The van der Waals surface area contributed by atoms with Crippen molar-refractivity contribution >= 4 is 11.9 Å². The zero-order valence-electron chi connectivity index (χ0n) is 12.3. The van der Waals surface area contributed by atoms with E-state index < -0.39 is 0 Å². The molecule has 20 heavy (non-hydrogen) atoms. The number of ether oxygens (including phenoxy) is 1. The van der Waals surface area contributed by atoms with Crippen LogP contribution in [0.5, 0.6) is 0 Å². The zero-order valence-corrected chi connectivity index (χ0v) is 12.3. The predicted octanol–water partition coefficient (Wildman–Crippen LogP) is 1.35. The van der Waals surface area contributed by atoms with E-state index in [2.05, 4.69) is 5.32 Å². The molecule has 0 aromatic rings. The lowest BCUT2D eigenvalue weighted by molar-refractivity contribution is -0.149. The minimum atomic E-state index is -0.0879. The third-order valence-electron chi connectivity index (χ3n) is 4.60. The van der Waals surface area contributed by atoms with Gasteiger partial charge in [0.05, 0.1) is 18.4 Å². The Morgan fingerprint density at radius 1 is 1.15 bits per heavy atom. The van der Waals surface area contributed by atoms with Gasteiger partial charge in [0, 0.05) is 12.1 Å². The molecule has 114 valence electrons. The molecule has 0 aromatic heterocycles. The molecule has 1 amide bonds. The summed E-state index contributed by atoms with van der Waals surface area (Å²) >= 11 is 0. The summed E-state index contributed by atoms with van der Waals surface area (Å²) in [6.45, 7) is 2.27. The molecule has 0 aromatic carbocycles. The molecule has 5 nitrogen and oxygen atoms in total. The largest absolute Gasteiger partial charge is 0.466 e. The van der Waals surface area contributed by atoms with E-state index in [1.807, 2.05) is 6.92 Å². The Morgan fingerprint density at radius 2 is 1.85 bits per heavy atom. The molecule has 2 saturated carbocycles. The fourth-order valence-electron chi connectivity index (χ4n) is 3.36. The SMILES string of the molecule is CCOC(=O)C1CCC(NC(=O)C2CCCC2N)CC1. The van der Waals surface area contributed by atoms with Crippen LogP contribution in [0.15, 0.2) is 0 Å². The van der Waals surface area contributed by atoms with Crippen LogP contribution in [-0.2, 0) is 14.3 Å². The summed E-state index contributed by atoms with van der Waals surface area (Å²) < 4.78 is 5.05. The average molecular weight is 282 g/mol. The third kappa shape index (κ3) is 3.72. The van der Waals surface area contributed by atoms with E-state index in [1.54, 1.807) is 0 Å². The average Bonchev–Trinajstić information content (AvgIpc) is 2.86. The highest BCUT2D eigenvalue weighted by Crippen LogP contribution is 2.27. The van der Waals surface area contributed by atoms with Crippen LogP contribution in [-0.4, -0.2) is 30.6 Å². The van der Waals surface area contributed by atoms with Gasteiger partial charge < -0.3 is 15.8 Å². The Morgan fingerprint density at radius 3 is 2.40 bits per heavy atom. The van der Waals surface area contributed by atoms with Gasteiger partial charge in [-0.1, -0.05) is 6.42 Å². The van der Waals surface area contributed by atoms with Crippen LogP contribution in [0.25, 0.3) is 0 Å². The van der Waals surface area contributed by atoms with Gasteiger partial charge in [-0.2, -0.15) is 0 Å². The maximum absolute atomic E-state index is 12.2. The quantitative estimate of drug-likeness (QED) is 0.763. The third-order valence-corrected chi connectivity index (χ3v) is 4.60. The normalized spacial score (nSPS) is 33.7. The number of esters is 1. The molecule has 2 rings (SSSR count). The van der Waals surface area contributed by atoms with Gasteiger partial charge in [-0.15, -0.1) is 0 Å². The number of nitrogens with one attached hydrogen (secondary N) is 1. The number of nitrogens with two attached hydrogens (primary N) is 1. The molecule has 0 saturated heterocycles. The van der Waals surface area contributed by atoms with Crippen molar-refractivity contribution in [3.8, 4) is 0 Å². The first-order valence-electron chi connectivity index (χ1n) is 7.84. The summed E-state index contributed by atoms with van der Waals surface area (Å²) in [4.78, 5) is 23.8. The summed E-state index contributed by atoms with van der Waals surface area (Å²) in [6.07, 6.45) is 6.24. The van der Waals surface area contributed by atoms with Gasteiger partial charge >= 0.3 is 5.97 Å². The van der Waals surface area contributed by atoms with Crippen LogP contribution in [0.2, 0.25) is 0 Å². The van der Waals surface area contributed by atoms with Gasteiger partial charge in [-0.25, -0.2) is 0 Å². The van der Waals surface area contributed by atoms with Crippen molar-refractivity contribution in [1.29, 1.82) is 0 Å². The number of carbonyl (C=O) groups excluding carboxylic acids is 2. The molecule has 3 N–H and O–H groups in total. The van der Waals surface area contributed by atoms with Crippen molar-refractivity contribution in [3.63, 3.8) is 0 Å².